The Labute approximate surface area is 154 Å². The van der Waals surface area contributed by atoms with Crippen molar-refractivity contribution in [3.63, 3.8) is 0 Å². The quantitative estimate of drug-likeness (QED) is 0.853. The van der Waals surface area contributed by atoms with Gasteiger partial charge in [0.15, 0.2) is 0 Å². The van der Waals surface area contributed by atoms with Crippen molar-refractivity contribution < 1.29 is 14.6 Å². The molecule has 136 valence electrons. The van der Waals surface area contributed by atoms with Gasteiger partial charge in [0, 0.05) is 5.92 Å². The van der Waals surface area contributed by atoms with Gasteiger partial charge in [-0.05, 0) is 54.9 Å². The van der Waals surface area contributed by atoms with E-state index in [-0.39, 0.29) is 12.0 Å². The summed E-state index contributed by atoms with van der Waals surface area (Å²) in [6.07, 6.45) is 1.63. The van der Waals surface area contributed by atoms with E-state index in [1.165, 1.54) is 22.3 Å². The highest BCUT2D eigenvalue weighted by atomic mass is 16.5. The minimum Gasteiger partial charge on any atom is -0.449 e. The first-order valence-corrected chi connectivity index (χ1v) is 9.29. The molecule has 4 rings (SSSR count). The van der Waals surface area contributed by atoms with E-state index in [2.05, 4.69) is 29.6 Å². The number of benzene rings is 2. The molecule has 0 bridgehead atoms. The number of aliphatic hydroxyl groups is 1. The van der Waals surface area contributed by atoms with Gasteiger partial charge in [-0.3, -0.25) is 0 Å². The van der Waals surface area contributed by atoms with E-state index in [0.717, 1.165) is 12.8 Å². The van der Waals surface area contributed by atoms with Crippen molar-refractivity contribution in [1.29, 1.82) is 0 Å². The van der Waals surface area contributed by atoms with Crippen LogP contribution in [0.5, 0.6) is 0 Å². The summed E-state index contributed by atoms with van der Waals surface area (Å²) in [5.41, 5.74) is 3.87. The molecule has 0 spiro atoms. The molecule has 1 saturated carbocycles. The fourth-order valence-corrected chi connectivity index (χ4v) is 4.07. The van der Waals surface area contributed by atoms with Gasteiger partial charge in [0.25, 0.3) is 0 Å². The molecule has 4 heteroatoms. The van der Waals surface area contributed by atoms with Crippen molar-refractivity contribution in [2.75, 3.05) is 6.61 Å². The van der Waals surface area contributed by atoms with Crippen molar-refractivity contribution >= 4 is 6.09 Å². The lowest BCUT2D eigenvalue weighted by atomic mass is 9.95. The average molecular weight is 351 g/mol. The molecule has 2 aromatic rings. The number of amides is 1. The smallest absolute Gasteiger partial charge is 0.407 e. The number of nitrogens with one attached hydrogen (secondary N) is 1. The van der Waals surface area contributed by atoms with Crippen LogP contribution in [0.15, 0.2) is 48.5 Å². The molecule has 1 atom stereocenters. The topological polar surface area (TPSA) is 58.6 Å². The first kappa shape index (κ1) is 17.1. The Morgan fingerprint density at radius 2 is 1.65 bits per heavy atom. The Kier molecular flexibility index (Phi) is 4.23. The molecule has 26 heavy (non-hydrogen) atoms. The third-order valence-electron chi connectivity index (χ3n) is 5.47. The monoisotopic (exact) mass is 351 g/mol. The zero-order valence-electron chi connectivity index (χ0n) is 15.2. The molecule has 1 amide bonds. The van der Waals surface area contributed by atoms with Crippen molar-refractivity contribution in [3.8, 4) is 11.1 Å². The molecular formula is C22H25NO3. The number of alkyl carbamates (subject to hydrolysis) is 1. The number of ether oxygens (including phenoxy) is 1. The number of rotatable bonds is 5. The van der Waals surface area contributed by atoms with Gasteiger partial charge in [-0.2, -0.15) is 0 Å². The highest BCUT2D eigenvalue weighted by Gasteiger charge is 2.41. The van der Waals surface area contributed by atoms with Gasteiger partial charge >= 0.3 is 6.09 Å². The predicted molar refractivity (Wildman–Crippen MR) is 101 cm³/mol. The fraction of sp³-hybridized carbons (Fsp3) is 0.409. The first-order chi connectivity index (χ1) is 12.4. The molecule has 0 aromatic heterocycles. The molecule has 2 aliphatic carbocycles. The summed E-state index contributed by atoms with van der Waals surface area (Å²) in [4.78, 5) is 12.4. The molecule has 1 fully saturated rings. The molecule has 2 aliphatic rings. The normalized spacial score (nSPS) is 17.3. The third kappa shape index (κ3) is 3.21. The van der Waals surface area contributed by atoms with Gasteiger partial charge in [-0.15, -0.1) is 0 Å². The minimum absolute atomic E-state index is 0.0506. The lowest BCUT2D eigenvalue weighted by molar-refractivity contribution is 0.0264. The van der Waals surface area contributed by atoms with Gasteiger partial charge in [0.1, 0.15) is 6.61 Å². The van der Waals surface area contributed by atoms with Gasteiger partial charge in [0.05, 0.1) is 11.6 Å². The minimum atomic E-state index is -0.952. The van der Waals surface area contributed by atoms with Crippen LogP contribution in [0.3, 0.4) is 0 Å². The molecule has 2 N–H and O–H groups in total. The third-order valence-corrected chi connectivity index (χ3v) is 5.47. The number of carbonyl (C=O) groups excluding carboxylic acids is 1. The summed E-state index contributed by atoms with van der Waals surface area (Å²) >= 11 is 0. The summed E-state index contributed by atoms with van der Waals surface area (Å²) in [7, 11) is 0. The van der Waals surface area contributed by atoms with Gasteiger partial charge in [-0.25, -0.2) is 4.79 Å². The van der Waals surface area contributed by atoms with E-state index in [0.29, 0.717) is 12.5 Å². The SMILES string of the molecule is CC(C)(O)C(NC(=O)OCC1c2ccccc2-c2ccccc21)C1CC1. The maximum atomic E-state index is 12.4. The molecule has 4 nitrogen and oxygen atoms in total. The fourth-order valence-electron chi connectivity index (χ4n) is 4.07. The van der Waals surface area contributed by atoms with Crippen LogP contribution < -0.4 is 5.32 Å². The molecular weight excluding hydrogens is 326 g/mol. The average Bonchev–Trinajstić information content (AvgIpc) is 3.40. The van der Waals surface area contributed by atoms with Crippen molar-refractivity contribution in [1.82, 2.24) is 5.32 Å². The summed E-state index contributed by atoms with van der Waals surface area (Å²) < 4.78 is 5.58. The van der Waals surface area contributed by atoms with E-state index in [4.69, 9.17) is 4.74 Å². The molecule has 2 aromatic carbocycles. The Balaban J connectivity index is 1.47. The summed E-state index contributed by atoms with van der Waals surface area (Å²) in [5.74, 6) is 0.394. The Morgan fingerprint density at radius 1 is 1.12 bits per heavy atom. The highest BCUT2D eigenvalue weighted by Crippen LogP contribution is 2.44. The van der Waals surface area contributed by atoms with Crippen molar-refractivity contribution in [3.05, 3.63) is 59.7 Å². The number of fused-ring (bicyclic) bond motifs is 3. The van der Waals surface area contributed by atoms with Gasteiger partial charge in [0.2, 0.25) is 0 Å². The predicted octanol–water partition coefficient (Wildman–Crippen LogP) is 4.07. The van der Waals surface area contributed by atoms with E-state index in [1.807, 2.05) is 24.3 Å². The number of hydrogen-bond acceptors (Lipinski definition) is 3. The molecule has 0 radical (unpaired) electrons. The van der Waals surface area contributed by atoms with Crippen LogP contribution in [-0.4, -0.2) is 29.4 Å². The second-order valence-electron chi connectivity index (χ2n) is 7.94. The van der Waals surface area contributed by atoms with Crippen LogP contribution in [0.1, 0.15) is 43.7 Å². The molecule has 0 heterocycles. The largest absolute Gasteiger partial charge is 0.449 e. The molecule has 0 aliphatic heterocycles. The van der Waals surface area contributed by atoms with Crippen molar-refractivity contribution in [2.45, 2.75) is 44.2 Å². The van der Waals surface area contributed by atoms with Crippen LogP contribution in [0.25, 0.3) is 11.1 Å². The Morgan fingerprint density at radius 3 is 2.15 bits per heavy atom. The second-order valence-corrected chi connectivity index (χ2v) is 7.94. The Bertz CT molecular complexity index is 775. The standard InChI is InChI=1S/C22H25NO3/c1-22(2,25)20(14-11-12-14)23-21(24)26-13-19-17-9-5-3-7-15(17)16-8-4-6-10-18(16)19/h3-10,14,19-20,25H,11-13H2,1-2H3,(H,23,24). The summed E-state index contributed by atoms with van der Waals surface area (Å²) in [6.45, 7) is 3.77. The lowest BCUT2D eigenvalue weighted by Gasteiger charge is -2.30. The van der Waals surface area contributed by atoms with Crippen molar-refractivity contribution in [2.24, 2.45) is 5.92 Å². The van der Waals surface area contributed by atoms with Gasteiger partial charge in [-0.1, -0.05) is 48.5 Å². The molecule has 0 saturated heterocycles. The second kappa shape index (κ2) is 6.44. The zero-order valence-corrected chi connectivity index (χ0v) is 15.2. The van der Waals surface area contributed by atoms with Gasteiger partial charge < -0.3 is 15.2 Å². The highest BCUT2D eigenvalue weighted by molar-refractivity contribution is 5.79. The van der Waals surface area contributed by atoms with E-state index in [1.54, 1.807) is 13.8 Å². The maximum Gasteiger partial charge on any atom is 0.407 e. The van der Waals surface area contributed by atoms with Crippen LogP contribution in [0.4, 0.5) is 4.79 Å². The van der Waals surface area contributed by atoms with Crippen LogP contribution in [-0.2, 0) is 4.74 Å². The van der Waals surface area contributed by atoms with E-state index in [9.17, 15) is 9.90 Å². The first-order valence-electron chi connectivity index (χ1n) is 9.29. The molecule has 1 unspecified atom stereocenters. The maximum absolute atomic E-state index is 12.4. The van der Waals surface area contributed by atoms with E-state index >= 15 is 0 Å². The zero-order chi connectivity index (χ0) is 18.3. The van der Waals surface area contributed by atoms with Crippen LogP contribution in [0, 0.1) is 5.92 Å². The summed E-state index contributed by atoms with van der Waals surface area (Å²) in [6, 6.07) is 16.3. The number of carbonyl (C=O) groups is 1. The number of hydrogen-bond donors (Lipinski definition) is 2. The van der Waals surface area contributed by atoms with Crippen LogP contribution >= 0.6 is 0 Å². The lowest BCUT2D eigenvalue weighted by Crippen LogP contribution is -2.50. The van der Waals surface area contributed by atoms with E-state index < -0.39 is 11.7 Å². The summed E-state index contributed by atoms with van der Waals surface area (Å²) in [5, 5.41) is 13.2. The van der Waals surface area contributed by atoms with Crippen LogP contribution in [0.2, 0.25) is 0 Å². The Hall–Kier alpha value is -2.33.